The minimum absolute atomic E-state index is 0.770. The molecule has 0 aromatic heterocycles. The molecule has 1 amide bonds. The molecular weight excluding hydrogens is 150 g/mol. The van der Waals surface area contributed by atoms with Gasteiger partial charge in [-0.3, -0.25) is 4.79 Å². The summed E-state index contributed by atoms with van der Waals surface area (Å²) in [5, 5.41) is 2.71. The van der Waals surface area contributed by atoms with E-state index in [0.29, 0.717) is 0 Å². The molecule has 0 fully saturated rings. The van der Waals surface area contributed by atoms with Crippen LogP contribution in [0.3, 0.4) is 0 Å². The van der Waals surface area contributed by atoms with Gasteiger partial charge in [0.15, 0.2) is 0 Å². The Morgan fingerprint density at radius 1 is 1.42 bits per heavy atom. The van der Waals surface area contributed by atoms with Crippen LogP contribution in [0.1, 0.15) is 40.0 Å². The zero-order valence-electron chi connectivity index (χ0n) is 8.47. The highest BCUT2D eigenvalue weighted by Crippen LogP contribution is 2.17. The van der Waals surface area contributed by atoms with Crippen molar-refractivity contribution in [1.82, 2.24) is 5.32 Å². The van der Waals surface area contributed by atoms with E-state index in [-0.39, 0.29) is 0 Å². The third kappa shape index (κ3) is 6.20. The van der Waals surface area contributed by atoms with Crippen LogP contribution in [0.4, 0.5) is 0 Å². The molecule has 0 spiro atoms. The minimum atomic E-state index is 0.770. The van der Waals surface area contributed by atoms with Crippen LogP contribution in [0.25, 0.3) is 0 Å². The van der Waals surface area contributed by atoms with Crippen molar-refractivity contribution < 1.29 is 4.79 Å². The first kappa shape index (κ1) is 11.5. The lowest BCUT2D eigenvalue weighted by Crippen LogP contribution is -2.16. The third-order valence-electron chi connectivity index (χ3n) is 2.16. The van der Waals surface area contributed by atoms with E-state index in [4.69, 9.17) is 0 Å². The minimum Gasteiger partial charge on any atom is -0.359 e. The molecule has 1 unspecified atom stereocenters. The number of carbonyl (C=O) groups is 1. The van der Waals surface area contributed by atoms with Gasteiger partial charge >= 0.3 is 0 Å². The Morgan fingerprint density at radius 3 is 2.50 bits per heavy atom. The van der Waals surface area contributed by atoms with Crippen molar-refractivity contribution in [2.24, 2.45) is 11.8 Å². The van der Waals surface area contributed by atoms with E-state index >= 15 is 0 Å². The summed E-state index contributed by atoms with van der Waals surface area (Å²) in [7, 11) is 0. The summed E-state index contributed by atoms with van der Waals surface area (Å²) in [4.78, 5) is 9.99. The van der Waals surface area contributed by atoms with Gasteiger partial charge in [-0.15, -0.1) is 0 Å². The van der Waals surface area contributed by atoms with Crippen molar-refractivity contribution >= 4 is 6.41 Å². The van der Waals surface area contributed by atoms with Crippen LogP contribution < -0.4 is 5.32 Å². The first-order valence-corrected chi connectivity index (χ1v) is 4.87. The van der Waals surface area contributed by atoms with Crippen LogP contribution in [0.2, 0.25) is 0 Å². The summed E-state index contributed by atoms with van der Waals surface area (Å²) in [6.45, 7) is 7.54. The lowest BCUT2D eigenvalue weighted by molar-refractivity contribution is -0.109. The highest BCUT2D eigenvalue weighted by Gasteiger charge is 2.07. The van der Waals surface area contributed by atoms with E-state index in [9.17, 15) is 4.79 Å². The molecule has 1 atom stereocenters. The standard InChI is InChI=1S/C10H21NO/c1-4-10(7-9(2)3)5-6-11-8-12/h8-10H,4-7H2,1-3H3,(H,11,12). The molecule has 0 aliphatic carbocycles. The van der Waals surface area contributed by atoms with E-state index in [1.807, 2.05) is 0 Å². The number of carbonyl (C=O) groups excluding carboxylic acids is 1. The van der Waals surface area contributed by atoms with Crippen molar-refractivity contribution in [3.63, 3.8) is 0 Å². The highest BCUT2D eigenvalue weighted by atomic mass is 16.1. The summed E-state index contributed by atoms with van der Waals surface area (Å²) in [6.07, 6.45) is 4.39. The fraction of sp³-hybridized carbons (Fsp3) is 0.900. The molecule has 0 aliphatic heterocycles. The summed E-state index contributed by atoms with van der Waals surface area (Å²) >= 11 is 0. The molecule has 0 saturated heterocycles. The van der Waals surface area contributed by atoms with Gasteiger partial charge < -0.3 is 5.32 Å². The van der Waals surface area contributed by atoms with Crippen LogP contribution in [-0.2, 0) is 4.79 Å². The van der Waals surface area contributed by atoms with Crippen LogP contribution in [0, 0.1) is 11.8 Å². The van der Waals surface area contributed by atoms with Crippen molar-refractivity contribution in [3.8, 4) is 0 Å². The van der Waals surface area contributed by atoms with Gasteiger partial charge in [-0.2, -0.15) is 0 Å². The first-order valence-electron chi connectivity index (χ1n) is 4.87. The average Bonchev–Trinajstić information content (AvgIpc) is 2.02. The zero-order chi connectivity index (χ0) is 9.40. The van der Waals surface area contributed by atoms with E-state index in [1.54, 1.807) is 0 Å². The summed E-state index contributed by atoms with van der Waals surface area (Å²) in [6, 6.07) is 0. The predicted octanol–water partition coefficient (Wildman–Crippen LogP) is 2.19. The fourth-order valence-electron chi connectivity index (χ4n) is 1.50. The lowest BCUT2D eigenvalue weighted by atomic mass is 9.92. The van der Waals surface area contributed by atoms with Gasteiger partial charge in [-0.05, 0) is 24.7 Å². The van der Waals surface area contributed by atoms with Gasteiger partial charge in [-0.25, -0.2) is 0 Å². The van der Waals surface area contributed by atoms with Crippen molar-refractivity contribution in [1.29, 1.82) is 0 Å². The molecule has 0 bridgehead atoms. The maximum Gasteiger partial charge on any atom is 0.207 e. The maximum absolute atomic E-state index is 9.99. The summed E-state index contributed by atoms with van der Waals surface area (Å²) < 4.78 is 0. The Balaban J connectivity index is 3.45. The number of hydrogen-bond acceptors (Lipinski definition) is 1. The molecule has 12 heavy (non-hydrogen) atoms. The zero-order valence-corrected chi connectivity index (χ0v) is 8.47. The number of rotatable bonds is 7. The summed E-state index contributed by atoms with van der Waals surface area (Å²) in [5.41, 5.74) is 0. The molecule has 0 rings (SSSR count). The van der Waals surface area contributed by atoms with Crippen molar-refractivity contribution in [2.45, 2.75) is 40.0 Å². The molecule has 1 N–H and O–H groups in total. The van der Waals surface area contributed by atoms with E-state index in [0.717, 1.165) is 31.2 Å². The van der Waals surface area contributed by atoms with Crippen LogP contribution >= 0.6 is 0 Å². The highest BCUT2D eigenvalue weighted by molar-refractivity contribution is 5.45. The maximum atomic E-state index is 9.99. The van der Waals surface area contributed by atoms with Gasteiger partial charge in [0.2, 0.25) is 6.41 Å². The van der Waals surface area contributed by atoms with Crippen molar-refractivity contribution in [3.05, 3.63) is 0 Å². The number of hydrogen-bond donors (Lipinski definition) is 1. The molecule has 2 nitrogen and oxygen atoms in total. The number of nitrogens with one attached hydrogen (secondary N) is 1. The smallest absolute Gasteiger partial charge is 0.207 e. The van der Waals surface area contributed by atoms with Gasteiger partial charge in [0.1, 0.15) is 0 Å². The second kappa shape index (κ2) is 7.14. The molecule has 0 aromatic rings. The molecule has 0 aliphatic rings. The summed E-state index contributed by atoms with van der Waals surface area (Å²) in [5.74, 6) is 1.55. The second-order valence-corrected chi connectivity index (χ2v) is 3.76. The van der Waals surface area contributed by atoms with E-state index in [2.05, 4.69) is 26.1 Å². The Hall–Kier alpha value is -0.530. The molecule has 0 aromatic carbocycles. The Kier molecular flexibility index (Phi) is 6.82. The molecule has 0 saturated carbocycles. The Labute approximate surface area is 75.7 Å². The molecule has 2 heteroatoms. The molecule has 0 heterocycles. The fourth-order valence-corrected chi connectivity index (χ4v) is 1.50. The largest absolute Gasteiger partial charge is 0.359 e. The van der Waals surface area contributed by atoms with E-state index < -0.39 is 0 Å². The Bertz CT molecular complexity index is 112. The van der Waals surface area contributed by atoms with Gasteiger partial charge in [0, 0.05) is 6.54 Å². The van der Waals surface area contributed by atoms with E-state index in [1.165, 1.54) is 12.8 Å². The molecular formula is C10H21NO. The molecule has 72 valence electrons. The predicted molar refractivity (Wildman–Crippen MR) is 51.9 cm³/mol. The van der Waals surface area contributed by atoms with Gasteiger partial charge in [0.25, 0.3) is 0 Å². The first-order chi connectivity index (χ1) is 5.70. The quantitative estimate of drug-likeness (QED) is 0.462. The SMILES string of the molecule is CCC(CCNC=O)CC(C)C. The topological polar surface area (TPSA) is 29.1 Å². The monoisotopic (exact) mass is 171 g/mol. The van der Waals surface area contributed by atoms with Crippen LogP contribution in [0.5, 0.6) is 0 Å². The number of amides is 1. The van der Waals surface area contributed by atoms with Crippen LogP contribution in [0.15, 0.2) is 0 Å². The molecule has 0 radical (unpaired) electrons. The lowest BCUT2D eigenvalue weighted by Gasteiger charge is -2.16. The van der Waals surface area contributed by atoms with Gasteiger partial charge in [0.05, 0.1) is 0 Å². The van der Waals surface area contributed by atoms with Crippen LogP contribution in [-0.4, -0.2) is 13.0 Å². The van der Waals surface area contributed by atoms with Crippen molar-refractivity contribution in [2.75, 3.05) is 6.54 Å². The Morgan fingerprint density at radius 2 is 2.08 bits per heavy atom. The van der Waals surface area contributed by atoms with Gasteiger partial charge in [-0.1, -0.05) is 27.2 Å². The average molecular weight is 171 g/mol. The second-order valence-electron chi connectivity index (χ2n) is 3.76. The normalized spacial score (nSPS) is 13.0. The third-order valence-corrected chi connectivity index (χ3v) is 2.16.